The van der Waals surface area contributed by atoms with E-state index in [1.807, 2.05) is 53.9 Å². The van der Waals surface area contributed by atoms with Crippen molar-refractivity contribution in [3.63, 3.8) is 0 Å². The highest BCUT2D eigenvalue weighted by Gasteiger charge is 2.51. The van der Waals surface area contributed by atoms with Crippen LogP contribution in [0.2, 0.25) is 0 Å². The summed E-state index contributed by atoms with van der Waals surface area (Å²) in [7, 11) is 1.89. The number of phenols is 1. The van der Waals surface area contributed by atoms with Crippen LogP contribution in [-0.4, -0.2) is 55.7 Å². The topological polar surface area (TPSA) is 79.1 Å². The van der Waals surface area contributed by atoms with Gasteiger partial charge in [-0.2, -0.15) is 0 Å². The maximum Gasteiger partial charge on any atom is 0.151 e. The maximum atomic E-state index is 15.6. The van der Waals surface area contributed by atoms with Crippen molar-refractivity contribution in [2.24, 2.45) is 5.92 Å². The van der Waals surface area contributed by atoms with Gasteiger partial charge in [0, 0.05) is 42.7 Å². The lowest BCUT2D eigenvalue weighted by atomic mass is 9.70. The van der Waals surface area contributed by atoms with Crippen molar-refractivity contribution < 1.29 is 9.50 Å². The normalized spacial score (nSPS) is 29.6. The van der Waals surface area contributed by atoms with Gasteiger partial charge in [0.15, 0.2) is 5.82 Å². The molecule has 1 unspecified atom stereocenters. The van der Waals surface area contributed by atoms with Crippen LogP contribution in [-0.2, 0) is 0 Å². The first-order chi connectivity index (χ1) is 15.3. The molecular formula is C24H29FN6O. The van der Waals surface area contributed by atoms with Gasteiger partial charge in [-0.3, -0.25) is 0 Å². The molecule has 0 saturated carbocycles. The van der Waals surface area contributed by atoms with Crippen LogP contribution in [0.15, 0.2) is 49.1 Å². The molecule has 0 aliphatic carbocycles. The van der Waals surface area contributed by atoms with Gasteiger partial charge in [-0.25, -0.2) is 9.37 Å². The standard InChI is InChI=1S/C24H29FN6O/c1-15-10-16-11-20(23(25)24(2,13-15)27-16)30(3)22-7-6-19(28-29-22)18-5-4-17(12-21(18)32)31-9-8-26-14-31/h4-9,12,14-16,20,23,27,32H,10-11,13H2,1-3H3/t15?,16-,20-,23+,24+/m0/s1. The highest BCUT2D eigenvalue weighted by molar-refractivity contribution is 5.69. The predicted octanol–water partition coefficient (Wildman–Crippen LogP) is 3.73. The minimum atomic E-state index is -0.993. The first kappa shape index (κ1) is 20.9. The largest absolute Gasteiger partial charge is 0.507 e. The molecule has 1 aromatic carbocycles. The van der Waals surface area contributed by atoms with Crippen LogP contribution in [0.25, 0.3) is 16.9 Å². The Balaban J connectivity index is 1.36. The van der Waals surface area contributed by atoms with E-state index >= 15 is 4.39 Å². The number of hydrogen-bond donors (Lipinski definition) is 2. The number of nitrogens with zero attached hydrogens (tertiary/aromatic N) is 5. The van der Waals surface area contributed by atoms with Gasteiger partial charge >= 0.3 is 0 Å². The number of rotatable bonds is 4. The summed E-state index contributed by atoms with van der Waals surface area (Å²) in [5.41, 5.74) is 1.46. The molecule has 0 radical (unpaired) electrons. The van der Waals surface area contributed by atoms with E-state index in [1.165, 1.54) is 0 Å². The lowest BCUT2D eigenvalue weighted by molar-refractivity contribution is 0.0210. The van der Waals surface area contributed by atoms with Crippen LogP contribution < -0.4 is 10.2 Å². The highest BCUT2D eigenvalue weighted by atomic mass is 19.1. The summed E-state index contributed by atoms with van der Waals surface area (Å²) in [5.74, 6) is 1.28. The van der Waals surface area contributed by atoms with Gasteiger partial charge in [-0.15, -0.1) is 10.2 Å². The van der Waals surface area contributed by atoms with E-state index in [-0.39, 0.29) is 11.8 Å². The number of halogens is 1. The second-order valence-corrected chi connectivity index (χ2v) is 9.57. The Morgan fingerprint density at radius 1 is 1.22 bits per heavy atom. The Labute approximate surface area is 187 Å². The van der Waals surface area contributed by atoms with Gasteiger partial charge in [-0.1, -0.05) is 6.92 Å². The van der Waals surface area contributed by atoms with Crippen molar-refractivity contribution in [3.05, 3.63) is 49.1 Å². The van der Waals surface area contributed by atoms with Crippen LogP contribution >= 0.6 is 0 Å². The Morgan fingerprint density at radius 2 is 2.06 bits per heavy atom. The lowest BCUT2D eigenvalue weighted by Gasteiger charge is -2.53. The summed E-state index contributed by atoms with van der Waals surface area (Å²) < 4.78 is 17.4. The smallest absolute Gasteiger partial charge is 0.151 e. The number of nitrogens with one attached hydrogen (secondary N) is 1. The molecule has 0 spiro atoms. The molecule has 168 valence electrons. The molecule has 7 nitrogen and oxygen atoms in total. The first-order valence-electron chi connectivity index (χ1n) is 11.1. The summed E-state index contributed by atoms with van der Waals surface area (Å²) in [6.07, 6.45) is 6.84. The SMILES string of the molecule is CC1C[C@H]2C[C@H](N(C)c3ccc(-c4ccc(-n5ccnc5)cc4O)nn3)[C@@H](F)[C@@](C)(C1)N2. The number of hydrogen-bond acceptors (Lipinski definition) is 6. The Morgan fingerprint density at radius 3 is 2.75 bits per heavy atom. The molecule has 8 heteroatoms. The molecule has 2 aromatic heterocycles. The number of anilines is 1. The van der Waals surface area contributed by atoms with Crippen molar-refractivity contribution in [2.75, 3.05) is 11.9 Å². The minimum absolute atomic E-state index is 0.114. The van der Waals surface area contributed by atoms with Crippen molar-refractivity contribution in [1.29, 1.82) is 0 Å². The summed E-state index contributed by atoms with van der Waals surface area (Å²) in [4.78, 5) is 5.95. The third kappa shape index (κ3) is 3.62. The van der Waals surface area contributed by atoms with Crippen LogP contribution in [0.1, 0.15) is 33.1 Å². The number of aromatic nitrogens is 4. The van der Waals surface area contributed by atoms with Crippen molar-refractivity contribution in [3.8, 4) is 22.7 Å². The third-order valence-electron chi connectivity index (χ3n) is 7.03. The van der Waals surface area contributed by atoms with Crippen molar-refractivity contribution >= 4 is 5.82 Å². The number of alkyl halides is 1. The Hall–Kier alpha value is -3.00. The summed E-state index contributed by atoms with van der Waals surface area (Å²) in [6.45, 7) is 4.22. The second-order valence-electron chi connectivity index (χ2n) is 9.57. The van der Waals surface area contributed by atoms with Crippen LogP contribution in [0.3, 0.4) is 0 Å². The van der Waals surface area contributed by atoms with E-state index < -0.39 is 11.7 Å². The van der Waals surface area contributed by atoms with Crippen LogP contribution in [0.5, 0.6) is 5.75 Å². The number of benzene rings is 1. The molecule has 0 amide bonds. The Kier molecular flexibility index (Phi) is 5.12. The average Bonchev–Trinajstić information content (AvgIpc) is 3.30. The zero-order chi connectivity index (χ0) is 22.5. The molecule has 5 atom stereocenters. The average molecular weight is 437 g/mol. The molecule has 5 rings (SSSR count). The van der Waals surface area contributed by atoms with Gasteiger partial charge < -0.3 is 19.9 Å². The van der Waals surface area contributed by atoms with Crippen molar-refractivity contribution in [2.45, 2.75) is 56.9 Å². The molecule has 2 aliphatic rings. The summed E-state index contributed by atoms with van der Waals surface area (Å²) in [6, 6.07) is 9.11. The van der Waals surface area contributed by atoms with Gasteiger partial charge in [-0.05, 0) is 56.4 Å². The van der Waals surface area contributed by atoms with Gasteiger partial charge in [0.05, 0.1) is 23.8 Å². The van der Waals surface area contributed by atoms with E-state index in [2.05, 4.69) is 27.4 Å². The van der Waals surface area contributed by atoms with Crippen LogP contribution in [0, 0.1) is 5.92 Å². The van der Waals surface area contributed by atoms with E-state index in [1.54, 1.807) is 18.6 Å². The highest BCUT2D eigenvalue weighted by Crippen LogP contribution is 2.41. The third-order valence-corrected chi connectivity index (χ3v) is 7.03. The fraction of sp³-hybridized carbons (Fsp3) is 0.458. The molecular weight excluding hydrogens is 407 g/mol. The van der Waals surface area contributed by atoms with Gasteiger partial charge in [0.25, 0.3) is 0 Å². The quantitative estimate of drug-likeness (QED) is 0.649. The minimum Gasteiger partial charge on any atom is -0.507 e. The predicted molar refractivity (Wildman–Crippen MR) is 122 cm³/mol. The van der Waals surface area contributed by atoms with E-state index in [9.17, 15) is 5.11 Å². The van der Waals surface area contributed by atoms with Crippen molar-refractivity contribution in [1.82, 2.24) is 25.1 Å². The van der Waals surface area contributed by atoms with E-state index in [0.29, 0.717) is 29.0 Å². The zero-order valence-corrected chi connectivity index (χ0v) is 18.6. The molecule has 4 heterocycles. The molecule has 2 aliphatic heterocycles. The monoisotopic (exact) mass is 436 g/mol. The number of phenolic OH excluding ortho intramolecular Hbond substituents is 1. The van der Waals surface area contributed by atoms with E-state index in [0.717, 1.165) is 24.9 Å². The Bertz CT molecular complexity index is 1080. The molecule has 2 N–H and O–H groups in total. The molecule has 2 bridgehead atoms. The van der Waals surface area contributed by atoms with Crippen LogP contribution in [0.4, 0.5) is 10.2 Å². The second kappa shape index (κ2) is 7.85. The molecule has 2 fully saturated rings. The number of piperidine rings is 2. The number of aromatic hydroxyl groups is 1. The van der Waals surface area contributed by atoms with Gasteiger partial charge in [0.2, 0.25) is 0 Å². The summed E-state index contributed by atoms with van der Waals surface area (Å²) in [5, 5.41) is 22.8. The summed E-state index contributed by atoms with van der Waals surface area (Å²) >= 11 is 0. The number of fused-ring (bicyclic) bond motifs is 2. The maximum absolute atomic E-state index is 15.6. The molecule has 2 saturated heterocycles. The van der Waals surface area contributed by atoms with E-state index in [4.69, 9.17) is 0 Å². The van der Waals surface area contributed by atoms with Gasteiger partial charge in [0.1, 0.15) is 11.9 Å². The molecule has 3 aromatic rings. The molecule has 32 heavy (non-hydrogen) atoms. The first-order valence-corrected chi connectivity index (χ1v) is 11.1. The lowest BCUT2D eigenvalue weighted by Crippen LogP contribution is -2.69. The fourth-order valence-corrected chi connectivity index (χ4v) is 5.55. The zero-order valence-electron chi connectivity index (χ0n) is 18.6. The fourth-order valence-electron chi connectivity index (χ4n) is 5.55. The number of imidazole rings is 1.